The Morgan fingerprint density at radius 3 is 2.80 bits per heavy atom. The molecule has 5 heteroatoms. The largest absolute Gasteiger partial charge is 0.381 e. The molecule has 3 aliphatic heterocycles. The van der Waals surface area contributed by atoms with Crippen LogP contribution < -0.4 is 5.32 Å². The van der Waals surface area contributed by atoms with Gasteiger partial charge in [-0.2, -0.15) is 0 Å². The maximum absolute atomic E-state index is 12.4. The van der Waals surface area contributed by atoms with Crippen molar-refractivity contribution < 1.29 is 14.3 Å². The summed E-state index contributed by atoms with van der Waals surface area (Å²) in [5, 5.41) is 3.16. The maximum Gasteiger partial charge on any atom is 0.251 e. The monoisotopic (exact) mass is 344 g/mol. The lowest BCUT2D eigenvalue weighted by atomic mass is 9.81. The van der Waals surface area contributed by atoms with Crippen LogP contribution in [-0.4, -0.2) is 63.4 Å². The molecule has 0 aromatic heterocycles. The number of fused-ring (bicyclic) bond motifs is 1. The molecule has 0 unspecified atom stereocenters. The molecular weight excluding hydrogens is 316 g/mol. The Balaban J connectivity index is 1.35. The van der Waals surface area contributed by atoms with Crippen molar-refractivity contribution in [2.24, 2.45) is 17.3 Å². The Bertz CT molecular complexity index is 588. The molecule has 0 bridgehead atoms. The van der Waals surface area contributed by atoms with Gasteiger partial charge in [-0.25, -0.2) is 0 Å². The van der Waals surface area contributed by atoms with E-state index in [-0.39, 0.29) is 11.3 Å². The molecule has 4 rings (SSSR count). The summed E-state index contributed by atoms with van der Waals surface area (Å²) in [7, 11) is 0. The number of carbonyl (C=O) groups excluding carboxylic acids is 1. The highest BCUT2D eigenvalue weighted by atomic mass is 16.5. The molecule has 0 radical (unpaired) electrons. The number of hydrogen-bond donors (Lipinski definition) is 1. The van der Waals surface area contributed by atoms with E-state index in [0.717, 1.165) is 57.5 Å². The molecule has 3 aliphatic rings. The highest BCUT2D eigenvalue weighted by Gasteiger charge is 2.50. The second-order valence-electron chi connectivity index (χ2n) is 7.87. The normalized spacial score (nSPS) is 30.3. The first-order valence-corrected chi connectivity index (χ1v) is 9.46. The zero-order chi connectivity index (χ0) is 17.1. The van der Waals surface area contributed by atoms with E-state index in [2.05, 4.69) is 10.2 Å². The van der Waals surface area contributed by atoms with Crippen molar-refractivity contribution in [3.63, 3.8) is 0 Å². The van der Waals surface area contributed by atoms with E-state index >= 15 is 0 Å². The number of ether oxygens (including phenoxy) is 2. The predicted molar refractivity (Wildman–Crippen MR) is 95.5 cm³/mol. The van der Waals surface area contributed by atoms with E-state index in [0.29, 0.717) is 12.5 Å². The summed E-state index contributed by atoms with van der Waals surface area (Å²) in [5.41, 5.74) is 0.807. The van der Waals surface area contributed by atoms with Crippen LogP contribution in [0.2, 0.25) is 0 Å². The zero-order valence-electron chi connectivity index (χ0n) is 14.8. The van der Waals surface area contributed by atoms with Gasteiger partial charge >= 0.3 is 0 Å². The van der Waals surface area contributed by atoms with Crippen molar-refractivity contribution in [3.05, 3.63) is 35.9 Å². The zero-order valence-corrected chi connectivity index (χ0v) is 14.8. The Kier molecular flexibility index (Phi) is 5.06. The van der Waals surface area contributed by atoms with Crippen LogP contribution in [0.5, 0.6) is 0 Å². The second-order valence-corrected chi connectivity index (χ2v) is 7.87. The molecule has 3 saturated heterocycles. The summed E-state index contributed by atoms with van der Waals surface area (Å²) in [6, 6.07) is 9.46. The van der Waals surface area contributed by atoms with Gasteiger partial charge < -0.3 is 19.7 Å². The van der Waals surface area contributed by atoms with Gasteiger partial charge in [-0.3, -0.25) is 4.79 Å². The van der Waals surface area contributed by atoms with Gasteiger partial charge in [-0.1, -0.05) is 18.2 Å². The molecule has 3 fully saturated rings. The summed E-state index contributed by atoms with van der Waals surface area (Å²) in [5.74, 6) is 1.30. The van der Waals surface area contributed by atoms with Gasteiger partial charge in [-0.15, -0.1) is 0 Å². The molecule has 0 spiro atoms. The first-order chi connectivity index (χ1) is 12.3. The predicted octanol–water partition coefficient (Wildman–Crippen LogP) is 1.79. The molecule has 25 heavy (non-hydrogen) atoms. The highest BCUT2D eigenvalue weighted by Crippen LogP contribution is 2.41. The van der Waals surface area contributed by atoms with Gasteiger partial charge in [0.05, 0.1) is 13.2 Å². The third kappa shape index (κ3) is 3.73. The molecule has 1 N–H and O–H groups in total. The molecule has 0 saturated carbocycles. The minimum Gasteiger partial charge on any atom is -0.381 e. The minimum absolute atomic E-state index is 0.0171. The first kappa shape index (κ1) is 17.0. The van der Waals surface area contributed by atoms with Gasteiger partial charge in [0, 0.05) is 56.3 Å². The first-order valence-electron chi connectivity index (χ1n) is 9.46. The number of amides is 1. The topological polar surface area (TPSA) is 50.8 Å². The summed E-state index contributed by atoms with van der Waals surface area (Å²) < 4.78 is 11.3. The quantitative estimate of drug-likeness (QED) is 0.885. The molecular formula is C20H28N2O3. The van der Waals surface area contributed by atoms with E-state index in [1.54, 1.807) is 0 Å². The van der Waals surface area contributed by atoms with Crippen LogP contribution in [0.3, 0.4) is 0 Å². The van der Waals surface area contributed by atoms with Crippen LogP contribution in [0.4, 0.5) is 0 Å². The average molecular weight is 344 g/mol. The summed E-state index contributed by atoms with van der Waals surface area (Å²) in [6.07, 6.45) is 2.35. The SMILES string of the molecule is O=C(NC[C@]12COC[C@H]1CN(CC1CCOCC1)C2)c1ccccc1. The van der Waals surface area contributed by atoms with Gasteiger partial charge in [0.25, 0.3) is 5.91 Å². The third-order valence-corrected chi connectivity index (χ3v) is 6.09. The fraction of sp³-hybridized carbons (Fsp3) is 0.650. The van der Waals surface area contributed by atoms with Crippen LogP contribution in [0, 0.1) is 17.3 Å². The van der Waals surface area contributed by atoms with Crippen molar-refractivity contribution >= 4 is 5.91 Å². The average Bonchev–Trinajstić information content (AvgIpc) is 3.18. The van der Waals surface area contributed by atoms with Crippen LogP contribution >= 0.6 is 0 Å². The summed E-state index contributed by atoms with van der Waals surface area (Å²) >= 11 is 0. The molecule has 1 aromatic carbocycles. The molecule has 3 heterocycles. The van der Waals surface area contributed by atoms with Crippen molar-refractivity contribution in [1.82, 2.24) is 10.2 Å². The summed E-state index contributed by atoms with van der Waals surface area (Å²) in [4.78, 5) is 15.0. The van der Waals surface area contributed by atoms with Gasteiger partial charge in [-0.05, 0) is 30.9 Å². The number of benzene rings is 1. The fourth-order valence-corrected chi connectivity index (χ4v) is 4.57. The number of carbonyl (C=O) groups is 1. The van der Waals surface area contributed by atoms with E-state index in [1.807, 2.05) is 30.3 Å². The number of likely N-dealkylation sites (tertiary alicyclic amines) is 1. The Morgan fingerprint density at radius 2 is 2.00 bits per heavy atom. The van der Waals surface area contributed by atoms with Crippen molar-refractivity contribution in [3.8, 4) is 0 Å². The lowest BCUT2D eigenvalue weighted by molar-refractivity contribution is 0.0502. The number of nitrogens with zero attached hydrogens (tertiary/aromatic N) is 1. The number of hydrogen-bond acceptors (Lipinski definition) is 4. The number of nitrogens with one attached hydrogen (secondary N) is 1. The minimum atomic E-state index is 0.0171. The molecule has 136 valence electrons. The van der Waals surface area contributed by atoms with E-state index in [1.165, 1.54) is 12.8 Å². The van der Waals surface area contributed by atoms with Crippen molar-refractivity contribution in [2.75, 3.05) is 52.6 Å². The lowest BCUT2D eigenvalue weighted by Crippen LogP contribution is -2.43. The molecule has 2 atom stereocenters. The molecule has 5 nitrogen and oxygen atoms in total. The molecule has 0 aliphatic carbocycles. The van der Waals surface area contributed by atoms with Gasteiger partial charge in [0.15, 0.2) is 0 Å². The van der Waals surface area contributed by atoms with Crippen LogP contribution in [-0.2, 0) is 9.47 Å². The van der Waals surface area contributed by atoms with Gasteiger partial charge in [0.2, 0.25) is 0 Å². The smallest absolute Gasteiger partial charge is 0.251 e. The Morgan fingerprint density at radius 1 is 1.20 bits per heavy atom. The van der Waals surface area contributed by atoms with E-state index < -0.39 is 0 Å². The van der Waals surface area contributed by atoms with Crippen LogP contribution in [0.15, 0.2) is 30.3 Å². The third-order valence-electron chi connectivity index (χ3n) is 6.09. The maximum atomic E-state index is 12.4. The standard InChI is InChI=1S/C20H28N2O3/c23-19(17-4-2-1-3-5-17)21-13-20-14-22(11-18(20)12-25-15-20)10-16-6-8-24-9-7-16/h1-5,16,18H,6-15H2,(H,21,23)/t18-,20+/m1/s1. The van der Waals surface area contributed by atoms with Crippen LogP contribution in [0.1, 0.15) is 23.2 Å². The van der Waals surface area contributed by atoms with Crippen molar-refractivity contribution in [2.45, 2.75) is 12.8 Å². The second kappa shape index (κ2) is 7.44. The van der Waals surface area contributed by atoms with E-state index in [9.17, 15) is 4.79 Å². The van der Waals surface area contributed by atoms with Gasteiger partial charge in [0.1, 0.15) is 0 Å². The molecule has 1 amide bonds. The van der Waals surface area contributed by atoms with Crippen molar-refractivity contribution in [1.29, 1.82) is 0 Å². The summed E-state index contributed by atoms with van der Waals surface area (Å²) in [6.45, 7) is 7.39. The Labute approximate surface area is 149 Å². The fourth-order valence-electron chi connectivity index (χ4n) is 4.57. The Hall–Kier alpha value is -1.43. The van der Waals surface area contributed by atoms with E-state index in [4.69, 9.17) is 9.47 Å². The van der Waals surface area contributed by atoms with Crippen LogP contribution in [0.25, 0.3) is 0 Å². The number of rotatable bonds is 5. The lowest BCUT2D eigenvalue weighted by Gasteiger charge is -2.30. The molecule has 1 aromatic rings. The highest BCUT2D eigenvalue weighted by molar-refractivity contribution is 5.94.